The third-order valence-electron chi connectivity index (χ3n) is 6.74. The number of nitrogens with zero attached hydrogens (tertiary/aromatic N) is 5. The van der Waals surface area contributed by atoms with E-state index in [-0.39, 0.29) is 11.9 Å². The Morgan fingerprint density at radius 3 is 2.61 bits per heavy atom. The summed E-state index contributed by atoms with van der Waals surface area (Å²) in [5.74, 6) is 0.538. The smallest absolute Gasteiger partial charge is 0.255 e. The van der Waals surface area contributed by atoms with Crippen LogP contribution >= 0.6 is 0 Å². The average molecular weight is 436 g/mol. The van der Waals surface area contributed by atoms with Crippen molar-refractivity contribution >= 4 is 28.5 Å². The Morgan fingerprint density at radius 2 is 1.82 bits per heavy atom. The van der Waals surface area contributed by atoms with Crippen LogP contribution in [0.1, 0.15) is 46.6 Å². The summed E-state index contributed by atoms with van der Waals surface area (Å²) in [6.45, 7) is 3.56. The van der Waals surface area contributed by atoms with E-state index in [1.807, 2.05) is 46.1 Å². The monoisotopic (exact) mass is 435 g/mol. The van der Waals surface area contributed by atoms with E-state index in [0.717, 1.165) is 46.1 Å². The quantitative estimate of drug-likeness (QED) is 0.470. The lowest BCUT2D eigenvalue weighted by molar-refractivity contribution is 0.0499. The summed E-state index contributed by atoms with van der Waals surface area (Å²) < 4.78 is 1.84. The lowest BCUT2D eigenvalue weighted by Crippen LogP contribution is -2.51. The largest absolute Gasteiger partial charge is 0.334 e. The molecule has 0 saturated carbocycles. The van der Waals surface area contributed by atoms with Gasteiger partial charge in [0, 0.05) is 24.7 Å². The molecular weight excluding hydrogens is 410 g/mol. The fraction of sp³-hybridized carbons (Fsp3) is 0.259. The van der Waals surface area contributed by atoms with Crippen molar-refractivity contribution in [2.45, 2.75) is 25.8 Å². The number of pyridine rings is 1. The fourth-order valence-corrected chi connectivity index (χ4v) is 5.09. The molecular formula is C27H25N5O. The third kappa shape index (κ3) is 3.52. The highest BCUT2D eigenvalue weighted by atomic mass is 16.2. The molecule has 6 heteroatoms. The van der Waals surface area contributed by atoms with Gasteiger partial charge in [-0.3, -0.25) is 4.79 Å². The Morgan fingerprint density at radius 1 is 1.03 bits per heavy atom. The molecule has 2 aliphatic rings. The van der Waals surface area contributed by atoms with E-state index >= 15 is 0 Å². The van der Waals surface area contributed by atoms with Crippen LogP contribution < -0.4 is 0 Å². The summed E-state index contributed by atoms with van der Waals surface area (Å²) in [6, 6.07) is 18.6. The van der Waals surface area contributed by atoms with Gasteiger partial charge >= 0.3 is 0 Å². The molecule has 6 rings (SSSR count). The lowest BCUT2D eigenvalue weighted by atomic mass is 9.80. The molecule has 2 aromatic carbocycles. The topological polar surface area (TPSA) is 63.9 Å². The molecule has 1 amide bonds. The standard InChI is InChI=1S/C27H25N5O/c1-18-13-20(15-19-7-3-2-4-8-19)26-23(14-18)25(22-9-5-6-10-24(22)29-26)27(33)31-16-21(17-31)32-12-11-28-30-32/h2-12,15,18,21H,13-14,16-17H2,1H3/b20-15-. The van der Waals surface area contributed by atoms with Crippen LogP contribution in [0.4, 0.5) is 0 Å². The van der Waals surface area contributed by atoms with Crippen molar-refractivity contribution in [2.75, 3.05) is 13.1 Å². The molecule has 0 spiro atoms. The fourth-order valence-electron chi connectivity index (χ4n) is 5.09. The van der Waals surface area contributed by atoms with E-state index in [1.165, 1.54) is 5.57 Å². The number of hydrogen-bond donors (Lipinski definition) is 0. The Kier molecular flexibility index (Phi) is 4.79. The minimum Gasteiger partial charge on any atom is -0.334 e. The van der Waals surface area contributed by atoms with Crippen molar-refractivity contribution < 1.29 is 4.79 Å². The summed E-state index contributed by atoms with van der Waals surface area (Å²) in [4.78, 5) is 20.8. The second-order valence-electron chi connectivity index (χ2n) is 9.17. The van der Waals surface area contributed by atoms with Crippen molar-refractivity contribution in [3.05, 3.63) is 89.4 Å². The number of fused-ring (bicyclic) bond motifs is 2. The highest BCUT2D eigenvalue weighted by molar-refractivity contribution is 6.09. The summed E-state index contributed by atoms with van der Waals surface area (Å²) in [5, 5.41) is 8.94. The maximum Gasteiger partial charge on any atom is 0.255 e. The lowest BCUT2D eigenvalue weighted by Gasteiger charge is -2.39. The van der Waals surface area contributed by atoms with Gasteiger partial charge in [-0.25, -0.2) is 9.67 Å². The second kappa shape index (κ2) is 7.96. The Balaban J connectivity index is 1.45. The molecule has 1 aliphatic carbocycles. The molecule has 3 heterocycles. The number of aromatic nitrogens is 4. The van der Waals surface area contributed by atoms with Crippen LogP contribution in [0.25, 0.3) is 22.6 Å². The number of hydrogen-bond acceptors (Lipinski definition) is 4. The average Bonchev–Trinajstić information content (AvgIpc) is 3.32. The first-order chi connectivity index (χ1) is 16.2. The number of carbonyl (C=O) groups is 1. The zero-order valence-electron chi connectivity index (χ0n) is 18.6. The Bertz CT molecular complexity index is 1350. The molecule has 1 fully saturated rings. The SMILES string of the molecule is CC1C/C(=C/c2ccccc2)c2nc3ccccc3c(C(=O)N3CC(n4ccnn4)C3)c2C1. The minimum atomic E-state index is 0.0920. The maximum atomic E-state index is 13.8. The normalized spacial score (nSPS) is 19.5. The van der Waals surface area contributed by atoms with Gasteiger partial charge in [0.15, 0.2) is 0 Å². The number of allylic oxidation sites excluding steroid dienone is 1. The molecule has 164 valence electrons. The summed E-state index contributed by atoms with van der Waals surface area (Å²) in [7, 11) is 0. The molecule has 0 N–H and O–H groups in total. The van der Waals surface area contributed by atoms with Gasteiger partial charge in [0.25, 0.3) is 5.91 Å². The van der Waals surface area contributed by atoms with Gasteiger partial charge in [0.05, 0.1) is 29.0 Å². The van der Waals surface area contributed by atoms with Crippen LogP contribution in [0.5, 0.6) is 0 Å². The molecule has 33 heavy (non-hydrogen) atoms. The number of amides is 1. The van der Waals surface area contributed by atoms with Gasteiger partial charge in [0.2, 0.25) is 0 Å². The minimum absolute atomic E-state index is 0.0920. The van der Waals surface area contributed by atoms with Crippen LogP contribution in [0, 0.1) is 5.92 Å². The molecule has 0 bridgehead atoms. The van der Waals surface area contributed by atoms with Crippen LogP contribution in [-0.2, 0) is 6.42 Å². The third-order valence-corrected chi connectivity index (χ3v) is 6.74. The van der Waals surface area contributed by atoms with Gasteiger partial charge in [-0.05, 0) is 47.6 Å². The van der Waals surface area contributed by atoms with E-state index in [1.54, 1.807) is 6.20 Å². The zero-order valence-corrected chi connectivity index (χ0v) is 18.6. The first-order valence-electron chi connectivity index (χ1n) is 11.5. The van der Waals surface area contributed by atoms with Crippen molar-refractivity contribution in [3.8, 4) is 0 Å². The molecule has 6 nitrogen and oxygen atoms in total. The van der Waals surface area contributed by atoms with Gasteiger partial charge in [-0.2, -0.15) is 0 Å². The number of benzene rings is 2. The number of carbonyl (C=O) groups excluding carboxylic acids is 1. The Labute approximate surface area is 192 Å². The number of para-hydroxylation sites is 1. The maximum absolute atomic E-state index is 13.8. The second-order valence-corrected chi connectivity index (χ2v) is 9.17. The van der Waals surface area contributed by atoms with Gasteiger partial charge in [0.1, 0.15) is 0 Å². The first-order valence-corrected chi connectivity index (χ1v) is 11.5. The van der Waals surface area contributed by atoms with Gasteiger partial charge < -0.3 is 4.90 Å². The van der Waals surface area contributed by atoms with Crippen molar-refractivity contribution in [2.24, 2.45) is 5.92 Å². The van der Waals surface area contributed by atoms with Gasteiger partial charge in [-0.15, -0.1) is 5.10 Å². The first kappa shape index (κ1) is 19.9. The highest BCUT2D eigenvalue weighted by Crippen LogP contribution is 2.39. The van der Waals surface area contributed by atoms with Crippen LogP contribution in [0.15, 0.2) is 67.0 Å². The number of rotatable bonds is 3. The predicted molar refractivity (Wildman–Crippen MR) is 129 cm³/mol. The number of likely N-dealkylation sites (tertiary alicyclic amines) is 1. The summed E-state index contributed by atoms with van der Waals surface area (Å²) >= 11 is 0. The van der Waals surface area contributed by atoms with E-state index < -0.39 is 0 Å². The van der Waals surface area contributed by atoms with Crippen LogP contribution in [0.3, 0.4) is 0 Å². The molecule has 1 saturated heterocycles. The summed E-state index contributed by atoms with van der Waals surface area (Å²) in [5.41, 5.74) is 6.13. The molecule has 0 radical (unpaired) electrons. The van der Waals surface area contributed by atoms with Crippen LogP contribution in [-0.4, -0.2) is 43.9 Å². The van der Waals surface area contributed by atoms with E-state index in [9.17, 15) is 4.79 Å². The van der Waals surface area contributed by atoms with Crippen molar-refractivity contribution in [1.82, 2.24) is 24.9 Å². The molecule has 1 aliphatic heterocycles. The zero-order chi connectivity index (χ0) is 22.4. The van der Waals surface area contributed by atoms with Crippen molar-refractivity contribution in [3.63, 3.8) is 0 Å². The molecule has 1 unspecified atom stereocenters. The van der Waals surface area contributed by atoms with Crippen LogP contribution in [0.2, 0.25) is 0 Å². The predicted octanol–water partition coefficient (Wildman–Crippen LogP) is 4.65. The van der Waals surface area contributed by atoms with Gasteiger partial charge in [-0.1, -0.05) is 60.7 Å². The molecule has 4 aromatic rings. The Hall–Kier alpha value is -3.80. The highest BCUT2D eigenvalue weighted by Gasteiger charge is 2.36. The van der Waals surface area contributed by atoms with E-state index in [2.05, 4.69) is 47.6 Å². The van der Waals surface area contributed by atoms with E-state index in [0.29, 0.717) is 19.0 Å². The molecule has 2 aromatic heterocycles. The summed E-state index contributed by atoms with van der Waals surface area (Å²) in [6.07, 6.45) is 7.59. The van der Waals surface area contributed by atoms with E-state index in [4.69, 9.17) is 4.98 Å². The molecule has 1 atom stereocenters. The van der Waals surface area contributed by atoms with Crippen molar-refractivity contribution in [1.29, 1.82) is 0 Å².